The molecule has 1 atom stereocenters. The maximum Gasteiger partial charge on any atom is 0.166 e. The lowest BCUT2D eigenvalue weighted by molar-refractivity contribution is 0.110. The van der Waals surface area contributed by atoms with Gasteiger partial charge in [0.05, 0.1) is 5.69 Å². The number of fused-ring (bicyclic) bond motifs is 1. The largest absolute Gasteiger partial charge is 0.342 e. The van der Waals surface area contributed by atoms with Crippen LogP contribution in [0.2, 0.25) is 0 Å². The van der Waals surface area contributed by atoms with Crippen LogP contribution in [0, 0.1) is 0 Å². The van der Waals surface area contributed by atoms with E-state index in [-0.39, 0.29) is 0 Å². The molecule has 1 saturated heterocycles. The molecule has 0 amide bonds. The van der Waals surface area contributed by atoms with Crippen molar-refractivity contribution in [3.63, 3.8) is 0 Å². The predicted octanol–water partition coefficient (Wildman–Crippen LogP) is 2.10. The summed E-state index contributed by atoms with van der Waals surface area (Å²) < 4.78 is 2.19. The Morgan fingerprint density at radius 3 is 2.71 bits per heavy atom. The van der Waals surface area contributed by atoms with E-state index in [0.717, 1.165) is 24.9 Å². The molecule has 3 rings (SSSR count). The molecule has 0 spiro atoms. The third-order valence-electron chi connectivity index (χ3n) is 4.26. The van der Waals surface area contributed by atoms with Crippen molar-refractivity contribution in [3.8, 4) is 0 Å². The van der Waals surface area contributed by atoms with E-state index in [9.17, 15) is 4.79 Å². The zero-order valence-electron chi connectivity index (χ0n) is 10.3. The van der Waals surface area contributed by atoms with Gasteiger partial charge in [-0.2, -0.15) is 0 Å². The molecule has 0 N–H and O–H groups in total. The first-order chi connectivity index (χ1) is 8.38. The summed E-state index contributed by atoms with van der Waals surface area (Å²) in [6.07, 6.45) is 7.41. The number of carbonyl (C=O) groups is 1. The Hall–Kier alpha value is -1.09. The van der Waals surface area contributed by atoms with E-state index in [4.69, 9.17) is 0 Å². The number of nitrogens with zero attached hydrogens (tertiary/aromatic N) is 2. The van der Waals surface area contributed by atoms with E-state index in [0.29, 0.717) is 6.04 Å². The van der Waals surface area contributed by atoms with Crippen molar-refractivity contribution in [2.24, 2.45) is 0 Å². The maximum atomic E-state index is 10.9. The van der Waals surface area contributed by atoms with Crippen molar-refractivity contribution in [1.29, 1.82) is 0 Å². The molecule has 2 aliphatic heterocycles. The molecule has 3 heteroatoms. The van der Waals surface area contributed by atoms with Crippen LogP contribution in [0.5, 0.6) is 0 Å². The minimum atomic E-state index is 0.706. The minimum Gasteiger partial charge on any atom is -0.342 e. The fraction of sp³-hybridized carbons (Fsp3) is 0.643. The maximum absolute atomic E-state index is 10.9. The first-order valence-electron chi connectivity index (χ1n) is 6.76. The second-order valence-electron chi connectivity index (χ2n) is 5.26. The molecule has 0 aromatic carbocycles. The lowest BCUT2D eigenvalue weighted by atomic mass is 9.99. The number of rotatable bonds is 2. The molecule has 1 unspecified atom stereocenters. The molecular weight excluding hydrogens is 212 g/mol. The van der Waals surface area contributed by atoms with Gasteiger partial charge in [0.2, 0.25) is 0 Å². The Morgan fingerprint density at radius 2 is 1.94 bits per heavy atom. The van der Waals surface area contributed by atoms with Crippen LogP contribution in [0.1, 0.15) is 41.9 Å². The summed E-state index contributed by atoms with van der Waals surface area (Å²) in [4.78, 5) is 13.5. The lowest BCUT2D eigenvalue weighted by Gasteiger charge is -2.37. The van der Waals surface area contributed by atoms with Gasteiger partial charge in [0.1, 0.15) is 0 Å². The topological polar surface area (TPSA) is 25.2 Å². The third kappa shape index (κ3) is 2.04. The first kappa shape index (κ1) is 11.0. The van der Waals surface area contributed by atoms with Gasteiger partial charge in [-0.3, -0.25) is 9.69 Å². The standard InChI is InChI=1S/C14H20N2O/c17-11-14-5-4-13-10-12(6-9-16(13)14)15-7-2-1-3-8-15/h4-5,11-12H,1-3,6-10H2. The van der Waals surface area contributed by atoms with Gasteiger partial charge in [-0.05, 0) is 44.5 Å². The van der Waals surface area contributed by atoms with Crippen LogP contribution in [0.25, 0.3) is 0 Å². The molecule has 1 aromatic rings. The number of likely N-dealkylation sites (tertiary alicyclic amines) is 1. The highest BCUT2D eigenvalue weighted by Crippen LogP contribution is 2.24. The quantitative estimate of drug-likeness (QED) is 0.730. The molecule has 3 heterocycles. The molecule has 0 bridgehead atoms. The molecule has 1 aromatic heterocycles. The number of piperidine rings is 1. The average Bonchev–Trinajstić information content (AvgIpc) is 2.81. The number of hydrogen-bond donors (Lipinski definition) is 0. The van der Waals surface area contributed by atoms with Crippen LogP contribution < -0.4 is 0 Å². The molecule has 3 nitrogen and oxygen atoms in total. The van der Waals surface area contributed by atoms with E-state index in [1.165, 1.54) is 44.5 Å². The third-order valence-corrected chi connectivity index (χ3v) is 4.26. The van der Waals surface area contributed by atoms with E-state index in [1.54, 1.807) is 0 Å². The molecule has 0 saturated carbocycles. The van der Waals surface area contributed by atoms with Crippen molar-refractivity contribution in [3.05, 3.63) is 23.5 Å². The number of carbonyl (C=O) groups excluding carboxylic acids is 1. The highest BCUT2D eigenvalue weighted by atomic mass is 16.1. The average molecular weight is 232 g/mol. The fourth-order valence-electron chi connectivity index (χ4n) is 3.30. The van der Waals surface area contributed by atoms with Crippen molar-refractivity contribution < 1.29 is 4.79 Å². The Morgan fingerprint density at radius 1 is 1.12 bits per heavy atom. The summed E-state index contributed by atoms with van der Waals surface area (Å²) in [5.74, 6) is 0. The van der Waals surface area contributed by atoms with Gasteiger partial charge < -0.3 is 4.57 Å². The summed E-state index contributed by atoms with van der Waals surface area (Å²) in [6.45, 7) is 3.55. The Kier molecular flexibility index (Phi) is 3.02. The Bertz CT molecular complexity index is 404. The number of aldehydes is 1. The van der Waals surface area contributed by atoms with E-state index in [2.05, 4.69) is 15.5 Å². The highest BCUT2D eigenvalue weighted by molar-refractivity contribution is 5.72. The van der Waals surface area contributed by atoms with Crippen LogP contribution in [-0.2, 0) is 13.0 Å². The normalized spacial score (nSPS) is 25.5. The predicted molar refractivity (Wildman–Crippen MR) is 67.4 cm³/mol. The number of aromatic nitrogens is 1. The van der Waals surface area contributed by atoms with Crippen molar-refractivity contribution in [2.75, 3.05) is 13.1 Å². The monoisotopic (exact) mass is 232 g/mol. The molecule has 0 radical (unpaired) electrons. The minimum absolute atomic E-state index is 0.706. The van der Waals surface area contributed by atoms with Crippen LogP contribution >= 0.6 is 0 Å². The summed E-state index contributed by atoms with van der Waals surface area (Å²) in [6, 6.07) is 4.79. The Labute approximate surface area is 102 Å². The van der Waals surface area contributed by atoms with Crippen molar-refractivity contribution in [1.82, 2.24) is 9.47 Å². The number of hydrogen-bond acceptors (Lipinski definition) is 2. The van der Waals surface area contributed by atoms with Crippen LogP contribution in [-0.4, -0.2) is 34.9 Å². The highest BCUT2D eigenvalue weighted by Gasteiger charge is 2.26. The van der Waals surface area contributed by atoms with Gasteiger partial charge in [-0.25, -0.2) is 0 Å². The van der Waals surface area contributed by atoms with Gasteiger partial charge in [-0.15, -0.1) is 0 Å². The van der Waals surface area contributed by atoms with Crippen LogP contribution in [0.3, 0.4) is 0 Å². The van der Waals surface area contributed by atoms with Crippen molar-refractivity contribution >= 4 is 6.29 Å². The van der Waals surface area contributed by atoms with Gasteiger partial charge in [-0.1, -0.05) is 6.42 Å². The van der Waals surface area contributed by atoms with Gasteiger partial charge >= 0.3 is 0 Å². The molecule has 92 valence electrons. The zero-order chi connectivity index (χ0) is 11.7. The van der Waals surface area contributed by atoms with Gasteiger partial charge in [0.15, 0.2) is 6.29 Å². The molecule has 0 aliphatic carbocycles. The zero-order valence-corrected chi connectivity index (χ0v) is 10.3. The second kappa shape index (κ2) is 4.65. The Balaban J connectivity index is 1.73. The fourth-order valence-corrected chi connectivity index (χ4v) is 3.30. The second-order valence-corrected chi connectivity index (χ2v) is 5.26. The van der Waals surface area contributed by atoms with Crippen LogP contribution in [0.4, 0.5) is 0 Å². The summed E-state index contributed by atoms with van der Waals surface area (Å²) in [5.41, 5.74) is 2.19. The summed E-state index contributed by atoms with van der Waals surface area (Å²) in [5, 5.41) is 0. The molecule has 1 fully saturated rings. The molecular formula is C14H20N2O. The van der Waals surface area contributed by atoms with Crippen molar-refractivity contribution in [2.45, 2.75) is 44.7 Å². The summed E-state index contributed by atoms with van der Waals surface area (Å²) in [7, 11) is 0. The van der Waals surface area contributed by atoms with Gasteiger partial charge in [0, 0.05) is 24.7 Å². The molecule has 17 heavy (non-hydrogen) atoms. The lowest BCUT2D eigenvalue weighted by Crippen LogP contribution is -2.43. The van der Waals surface area contributed by atoms with E-state index >= 15 is 0 Å². The molecule has 2 aliphatic rings. The first-order valence-corrected chi connectivity index (χ1v) is 6.76. The van der Waals surface area contributed by atoms with Gasteiger partial charge in [0.25, 0.3) is 0 Å². The SMILES string of the molecule is O=Cc1ccc2n1CCC(N1CCCCC1)C2. The van der Waals surface area contributed by atoms with E-state index in [1.807, 2.05) is 6.07 Å². The van der Waals surface area contributed by atoms with Crippen LogP contribution in [0.15, 0.2) is 12.1 Å². The smallest absolute Gasteiger partial charge is 0.166 e. The summed E-state index contributed by atoms with van der Waals surface area (Å²) >= 11 is 0. The van der Waals surface area contributed by atoms with E-state index < -0.39 is 0 Å².